The first-order chi connectivity index (χ1) is 15.2. The maximum absolute atomic E-state index is 12.5. The summed E-state index contributed by atoms with van der Waals surface area (Å²) in [7, 11) is 0. The van der Waals surface area contributed by atoms with Crippen molar-refractivity contribution >= 4 is 46.2 Å². The van der Waals surface area contributed by atoms with Gasteiger partial charge in [-0.25, -0.2) is 4.98 Å². The summed E-state index contributed by atoms with van der Waals surface area (Å²) in [6.07, 6.45) is 2.10. The first kappa shape index (κ1) is 19.4. The van der Waals surface area contributed by atoms with E-state index in [2.05, 4.69) is 20.5 Å². The monoisotopic (exact) mass is 446 g/mol. The molecule has 0 atom stereocenters. The average Bonchev–Trinajstić information content (AvgIpc) is 3.53. The third-order valence-electron chi connectivity index (χ3n) is 4.95. The van der Waals surface area contributed by atoms with Crippen molar-refractivity contribution in [3.63, 3.8) is 0 Å². The van der Waals surface area contributed by atoms with Crippen molar-refractivity contribution in [2.45, 2.75) is 13.0 Å². The number of rotatable bonds is 6. The smallest absolute Gasteiger partial charge is 0.226 e. The number of carbonyl (C=O) groups excluding carboxylic acids is 1. The van der Waals surface area contributed by atoms with Crippen LogP contribution in [0.5, 0.6) is 0 Å². The first-order valence-corrected chi connectivity index (χ1v) is 11.0. The molecule has 7 nitrogen and oxygen atoms in total. The molecule has 9 heteroatoms. The molecule has 31 heavy (non-hydrogen) atoms. The molecule has 0 aliphatic carbocycles. The number of nitrogens with one attached hydrogen (secondary N) is 2. The number of H-pyrrole nitrogens is 1. The molecule has 2 N–H and O–H groups in total. The molecule has 0 fully saturated rings. The second-order valence-corrected chi connectivity index (χ2v) is 8.26. The lowest BCUT2D eigenvalue weighted by molar-refractivity contribution is -0.116. The number of aromatic nitrogens is 5. The minimum absolute atomic E-state index is 0.0824. The SMILES string of the molecule is O=C(CCn1c(-c2cccs2)n[nH]c1=S)Nc1ccc(-n2cnc3ccccc32)cc1. The normalized spacial score (nSPS) is 11.1. The maximum Gasteiger partial charge on any atom is 0.226 e. The second-order valence-electron chi connectivity index (χ2n) is 6.93. The third-order valence-corrected chi connectivity index (χ3v) is 6.12. The number of nitrogens with zero attached hydrogens (tertiary/aromatic N) is 4. The van der Waals surface area contributed by atoms with Crippen LogP contribution in [-0.4, -0.2) is 30.2 Å². The van der Waals surface area contributed by atoms with Crippen LogP contribution in [0.3, 0.4) is 0 Å². The van der Waals surface area contributed by atoms with Crippen molar-refractivity contribution in [3.05, 3.63) is 77.1 Å². The largest absolute Gasteiger partial charge is 0.326 e. The van der Waals surface area contributed by atoms with Crippen LogP contribution in [0.1, 0.15) is 6.42 Å². The summed E-state index contributed by atoms with van der Waals surface area (Å²) in [5.74, 6) is 0.672. The highest BCUT2D eigenvalue weighted by Gasteiger charge is 2.12. The van der Waals surface area contributed by atoms with Crippen LogP contribution in [0.25, 0.3) is 27.4 Å². The van der Waals surface area contributed by atoms with Crippen molar-refractivity contribution in [2.75, 3.05) is 5.32 Å². The molecule has 1 amide bonds. The molecule has 5 aromatic rings. The predicted octanol–water partition coefficient (Wildman–Crippen LogP) is 5.04. The number of aromatic amines is 1. The van der Waals surface area contributed by atoms with Gasteiger partial charge in [0.2, 0.25) is 5.91 Å². The molecule has 0 spiro atoms. The van der Waals surface area contributed by atoms with Crippen LogP contribution in [0.4, 0.5) is 5.69 Å². The molecule has 0 aliphatic heterocycles. The van der Waals surface area contributed by atoms with Gasteiger partial charge in [-0.2, -0.15) is 5.10 Å². The molecular formula is C22H18N6OS2. The Labute approximate surface area is 187 Å². The summed E-state index contributed by atoms with van der Waals surface area (Å²) in [5.41, 5.74) is 3.71. The lowest BCUT2D eigenvalue weighted by Gasteiger charge is -2.09. The van der Waals surface area contributed by atoms with E-state index in [-0.39, 0.29) is 5.91 Å². The molecule has 0 saturated heterocycles. The van der Waals surface area contributed by atoms with Crippen LogP contribution in [0.2, 0.25) is 0 Å². The summed E-state index contributed by atoms with van der Waals surface area (Å²) in [6.45, 7) is 0.452. The Kier molecular flexibility index (Phi) is 5.19. The fourth-order valence-corrected chi connectivity index (χ4v) is 4.37. The van der Waals surface area contributed by atoms with Gasteiger partial charge in [0.05, 0.1) is 15.9 Å². The number of benzene rings is 2. The number of hydrogen-bond acceptors (Lipinski definition) is 5. The fourth-order valence-electron chi connectivity index (χ4n) is 3.43. The highest BCUT2D eigenvalue weighted by molar-refractivity contribution is 7.71. The van der Waals surface area contributed by atoms with Crippen LogP contribution >= 0.6 is 23.6 Å². The Morgan fingerprint density at radius 2 is 1.94 bits per heavy atom. The minimum Gasteiger partial charge on any atom is -0.326 e. The number of para-hydroxylation sites is 2. The number of fused-ring (bicyclic) bond motifs is 1. The van der Waals surface area contributed by atoms with E-state index < -0.39 is 0 Å². The lowest BCUT2D eigenvalue weighted by Crippen LogP contribution is -2.15. The minimum atomic E-state index is -0.0824. The molecule has 2 aromatic carbocycles. The summed E-state index contributed by atoms with van der Waals surface area (Å²) in [5, 5.41) is 12.0. The topological polar surface area (TPSA) is 80.5 Å². The van der Waals surface area contributed by atoms with Gasteiger partial charge in [-0.3, -0.25) is 19.0 Å². The zero-order valence-corrected chi connectivity index (χ0v) is 18.0. The molecule has 3 aromatic heterocycles. The van der Waals surface area contributed by atoms with E-state index in [1.54, 1.807) is 17.7 Å². The maximum atomic E-state index is 12.5. The highest BCUT2D eigenvalue weighted by atomic mass is 32.1. The number of hydrogen-bond donors (Lipinski definition) is 2. The Hall–Kier alpha value is -3.56. The van der Waals surface area contributed by atoms with Crippen molar-refractivity contribution in [2.24, 2.45) is 0 Å². The van der Waals surface area contributed by atoms with Gasteiger partial charge in [-0.15, -0.1) is 11.3 Å². The average molecular weight is 447 g/mol. The quantitative estimate of drug-likeness (QED) is 0.358. The second kappa shape index (κ2) is 8.29. The summed E-state index contributed by atoms with van der Waals surface area (Å²) < 4.78 is 4.38. The fraction of sp³-hybridized carbons (Fsp3) is 0.0909. The van der Waals surface area contributed by atoms with Gasteiger partial charge in [0, 0.05) is 24.3 Å². The zero-order valence-electron chi connectivity index (χ0n) is 16.4. The Morgan fingerprint density at radius 1 is 1.10 bits per heavy atom. The van der Waals surface area contributed by atoms with Gasteiger partial charge in [0.15, 0.2) is 10.6 Å². The number of amides is 1. The standard InChI is InChI=1S/C22H18N6OS2/c29-20(11-12-27-21(25-26-22(27)30)19-6-3-13-31-19)24-15-7-9-16(10-8-15)28-14-23-17-4-1-2-5-18(17)28/h1-10,13-14H,11-12H2,(H,24,29)(H,26,30). The van der Waals surface area contributed by atoms with Crippen molar-refractivity contribution < 1.29 is 4.79 Å². The van der Waals surface area contributed by atoms with E-state index >= 15 is 0 Å². The van der Waals surface area contributed by atoms with Gasteiger partial charge >= 0.3 is 0 Å². The molecule has 154 valence electrons. The van der Waals surface area contributed by atoms with Crippen LogP contribution in [0.15, 0.2) is 72.4 Å². The molecule has 5 rings (SSSR count). The molecule has 0 aliphatic rings. The highest BCUT2D eigenvalue weighted by Crippen LogP contribution is 2.23. The zero-order chi connectivity index (χ0) is 21.2. The van der Waals surface area contributed by atoms with Gasteiger partial charge in [0.1, 0.15) is 6.33 Å². The van der Waals surface area contributed by atoms with E-state index in [1.165, 1.54) is 0 Å². The number of carbonyl (C=O) groups is 1. The van der Waals surface area contributed by atoms with E-state index in [9.17, 15) is 4.79 Å². The molecule has 0 bridgehead atoms. The Morgan fingerprint density at radius 3 is 2.74 bits per heavy atom. The van der Waals surface area contributed by atoms with E-state index in [0.717, 1.165) is 33.1 Å². The summed E-state index contributed by atoms with van der Waals surface area (Å²) in [4.78, 5) is 17.9. The predicted molar refractivity (Wildman–Crippen MR) is 125 cm³/mol. The Bertz CT molecular complexity index is 1400. The van der Waals surface area contributed by atoms with Gasteiger partial charge in [-0.1, -0.05) is 18.2 Å². The molecular weight excluding hydrogens is 428 g/mol. The van der Waals surface area contributed by atoms with Crippen LogP contribution in [0, 0.1) is 4.77 Å². The van der Waals surface area contributed by atoms with E-state index in [1.807, 2.05) is 75.2 Å². The van der Waals surface area contributed by atoms with Crippen LogP contribution < -0.4 is 5.32 Å². The third kappa shape index (κ3) is 3.92. The van der Waals surface area contributed by atoms with Gasteiger partial charge in [-0.05, 0) is 60.1 Å². The van der Waals surface area contributed by atoms with Crippen molar-refractivity contribution in [1.29, 1.82) is 0 Å². The molecule has 3 heterocycles. The molecule has 0 saturated carbocycles. The van der Waals surface area contributed by atoms with E-state index in [0.29, 0.717) is 17.7 Å². The summed E-state index contributed by atoms with van der Waals surface area (Å²) in [6, 6.07) is 19.6. The Balaban J connectivity index is 1.26. The van der Waals surface area contributed by atoms with Crippen molar-refractivity contribution in [3.8, 4) is 16.4 Å². The van der Waals surface area contributed by atoms with Crippen LogP contribution in [-0.2, 0) is 11.3 Å². The number of thiophene rings is 1. The van der Waals surface area contributed by atoms with Gasteiger partial charge < -0.3 is 5.32 Å². The molecule has 0 unspecified atom stereocenters. The lowest BCUT2D eigenvalue weighted by atomic mass is 10.2. The number of anilines is 1. The molecule has 0 radical (unpaired) electrons. The number of imidazole rings is 1. The van der Waals surface area contributed by atoms with E-state index in [4.69, 9.17) is 12.2 Å². The van der Waals surface area contributed by atoms with Crippen molar-refractivity contribution in [1.82, 2.24) is 24.3 Å². The van der Waals surface area contributed by atoms with Gasteiger partial charge in [0.25, 0.3) is 0 Å². The summed E-state index contributed by atoms with van der Waals surface area (Å²) >= 11 is 6.91. The first-order valence-electron chi connectivity index (χ1n) is 9.70.